The third-order valence-electron chi connectivity index (χ3n) is 5.70. The number of guanidine groups is 1. The summed E-state index contributed by atoms with van der Waals surface area (Å²) in [6.07, 6.45) is 1.68. The molecule has 0 aromatic heterocycles. The van der Waals surface area contributed by atoms with Gasteiger partial charge in [0.25, 0.3) is 0 Å². The van der Waals surface area contributed by atoms with Crippen LogP contribution in [0.1, 0.15) is 30.9 Å². The summed E-state index contributed by atoms with van der Waals surface area (Å²) in [5.41, 5.74) is 2.36. The van der Waals surface area contributed by atoms with Crippen molar-refractivity contribution in [3.05, 3.63) is 35.4 Å². The molecule has 2 atom stereocenters. The number of ether oxygens (including phenoxy) is 1. The van der Waals surface area contributed by atoms with Gasteiger partial charge in [0.2, 0.25) is 0 Å². The maximum Gasteiger partial charge on any atom is 0.194 e. The number of nitrogens with one attached hydrogen (secondary N) is 1. The number of nitrogens with zero attached hydrogens (tertiary/aromatic N) is 2. The first kappa shape index (κ1) is 20.9. The van der Waals surface area contributed by atoms with E-state index in [0.29, 0.717) is 18.9 Å². The summed E-state index contributed by atoms with van der Waals surface area (Å²) >= 11 is 0. The Labute approximate surface area is 178 Å². The first-order chi connectivity index (χ1) is 12.5. The first-order valence-electron chi connectivity index (χ1n) is 9.47. The zero-order chi connectivity index (χ0) is 18.2. The molecule has 6 nitrogen and oxygen atoms in total. The summed E-state index contributed by atoms with van der Waals surface area (Å²) in [5, 5.41) is 3.37. The number of hydrogen-bond donors (Lipinski definition) is 1. The topological polar surface area (TPSA) is 71.0 Å². The van der Waals surface area contributed by atoms with Gasteiger partial charge in [0, 0.05) is 19.6 Å². The first-order valence-corrected chi connectivity index (χ1v) is 11.3. The second-order valence-corrected chi connectivity index (χ2v) is 9.80. The van der Waals surface area contributed by atoms with Crippen LogP contribution < -0.4 is 5.32 Å². The summed E-state index contributed by atoms with van der Waals surface area (Å²) in [6, 6.07) is 8.47. The summed E-state index contributed by atoms with van der Waals surface area (Å²) in [4.78, 5) is 7.02. The van der Waals surface area contributed by atoms with E-state index >= 15 is 0 Å². The number of benzene rings is 1. The molecule has 1 aromatic rings. The number of fused-ring (bicyclic) bond motifs is 2. The minimum atomic E-state index is -2.85. The average Bonchev–Trinajstić information content (AvgIpc) is 3.31. The fourth-order valence-corrected chi connectivity index (χ4v) is 6.19. The van der Waals surface area contributed by atoms with Gasteiger partial charge in [0.05, 0.1) is 24.7 Å². The largest absolute Gasteiger partial charge is 0.364 e. The summed E-state index contributed by atoms with van der Waals surface area (Å²) in [5.74, 6) is 1.60. The fourth-order valence-electron chi connectivity index (χ4n) is 4.34. The van der Waals surface area contributed by atoms with E-state index < -0.39 is 9.84 Å². The van der Waals surface area contributed by atoms with Gasteiger partial charge < -0.3 is 15.0 Å². The molecule has 3 aliphatic heterocycles. The van der Waals surface area contributed by atoms with E-state index in [0.717, 1.165) is 38.4 Å². The lowest BCUT2D eigenvalue weighted by molar-refractivity contribution is -0.0262. The molecule has 150 valence electrons. The smallest absolute Gasteiger partial charge is 0.194 e. The van der Waals surface area contributed by atoms with E-state index in [9.17, 15) is 8.42 Å². The van der Waals surface area contributed by atoms with Crippen molar-refractivity contribution in [3.8, 4) is 0 Å². The van der Waals surface area contributed by atoms with Crippen LogP contribution in [0, 0.1) is 5.92 Å². The second-order valence-electron chi connectivity index (χ2n) is 7.58. The van der Waals surface area contributed by atoms with Gasteiger partial charge in [0.1, 0.15) is 5.60 Å². The molecule has 0 radical (unpaired) electrons. The molecule has 0 aliphatic carbocycles. The predicted octanol–water partition coefficient (Wildman–Crippen LogP) is 2.14. The van der Waals surface area contributed by atoms with Gasteiger partial charge in [-0.25, -0.2) is 8.42 Å². The van der Waals surface area contributed by atoms with Gasteiger partial charge in [0.15, 0.2) is 15.8 Å². The van der Waals surface area contributed by atoms with Crippen LogP contribution in [-0.2, 0) is 26.8 Å². The monoisotopic (exact) mass is 505 g/mol. The lowest BCUT2D eigenvalue weighted by Gasteiger charge is -2.26. The van der Waals surface area contributed by atoms with Crippen LogP contribution in [0.5, 0.6) is 0 Å². The molecule has 0 amide bonds. The number of rotatable bonds is 3. The van der Waals surface area contributed by atoms with Crippen molar-refractivity contribution in [2.24, 2.45) is 10.9 Å². The molecule has 2 fully saturated rings. The number of hydrogen-bond acceptors (Lipinski definition) is 4. The standard InChI is InChI=1S/C19H27N3O3S.HI/c1-2-20-18(21-11-15-7-10-26(23,24)13-15)22-9-8-19(14-22)17-6-4-3-5-16(17)12-25-19;/h3-6,15H,2,7-14H2,1H3,(H,20,21);1H. The number of likely N-dealkylation sites (tertiary alicyclic amines) is 1. The van der Waals surface area contributed by atoms with Crippen molar-refractivity contribution in [3.63, 3.8) is 0 Å². The quantitative estimate of drug-likeness (QED) is 0.388. The molecule has 1 aromatic carbocycles. The van der Waals surface area contributed by atoms with Crippen LogP contribution in [-0.4, -0.2) is 57.0 Å². The van der Waals surface area contributed by atoms with Crippen LogP contribution >= 0.6 is 24.0 Å². The maximum absolute atomic E-state index is 11.7. The Morgan fingerprint density at radius 1 is 1.41 bits per heavy atom. The highest BCUT2D eigenvalue weighted by Crippen LogP contribution is 2.43. The molecule has 27 heavy (non-hydrogen) atoms. The molecule has 8 heteroatoms. The molecule has 3 heterocycles. The second kappa shape index (κ2) is 8.24. The number of halogens is 1. The summed E-state index contributed by atoms with van der Waals surface area (Å²) in [7, 11) is -2.85. The molecule has 0 bridgehead atoms. The minimum Gasteiger partial charge on any atom is -0.364 e. The Balaban J connectivity index is 0.00000210. The Morgan fingerprint density at radius 3 is 2.96 bits per heavy atom. The normalized spacial score (nSPS) is 29.0. The lowest BCUT2D eigenvalue weighted by atomic mass is 9.92. The molecule has 0 saturated carbocycles. The summed E-state index contributed by atoms with van der Waals surface area (Å²) < 4.78 is 29.6. The van der Waals surface area contributed by atoms with E-state index in [1.807, 2.05) is 0 Å². The van der Waals surface area contributed by atoms with Crippen molar-refractivity contribution in [1.82, 2.24) is 10.2 Å². The van der Waals surface area contributed by atoms with Crippen molar-refractivity contribution in [2.45, 2.75) is 32.0 Å². The summed E-state index contributed by atoms with van der Waals surface area (Å²) in [6.45, 7) is 5.79. The molecule has 3 aliphatic rings. The van der Waals surface area contributed by atoms with Crippen LogP contribution in [0.25, 0.3) is 0 Å². The predicted molar refractivity (Wildman–Crippen MR) is 117 cm³/mol. The van der Waals surface area contributed by atoms with Gasteiger partial charge >= 0.3 is 0 Å². The average molecular weight is 505 g/mol. The van der Waals surface area contributed by atoms with E-state index in [-0.39, 0.29) is 41.2 Å². The molecule has 4 rings (SSSR count). The van der Waals surface area contributed by atoms with Gasteiger partial charge in [-0.3, -0.25) is 4.99 Å². The Morgan fingerprint density at radius 2 is 2.22 bits per heavy atom. The van der Waals surface area contributed by atoms with Crippen LogP contribution in [0.2, 0.25) is 0 Å². The number of sulfone groups is 1. The molecule has 1 N–H and O–H groups in total. The zero-order valence-electron chi connectivity index (χ0n) is 15.7. The molecular weight excluding hydrogens is 477 g/mol. The van der Waals surface area contributed by atoms with E-state index in [2.05, 4.69) is 41.4 Å². The third kappa shape index (κ3) is 4.27. The minimum absolute atomic E-state index is 0. The highest BCUT2D eigenvalue weighted by atomic mass is 127. The van der Waals surface area contributed by atoms with Crippen LogP contribution in [0.15, 0.2) is 29.3 Å². The molecular formula is C19H28IN3O3S. The highest BCUT2D eigenvalue weighted by molar-refractivity contribution is 14.0. The zero-order valence-corrected chi connectivity index (χ0v) is 18.8. The van der Waals surface area contributed by atoms with Gasteiger partial charge in [-0.15, -0.1) is 24.0 Å². The van der Waals surface area contributed by atoms with Crippen molar-refractivity contribution in [2.75, 3.05) is 37.7 Å². The molecule has 2 unspecified atom stereocenters. The van der Waals surface area contributed by atoms with Crippen molar-refractivity contribution < 1.29 is 13.2 Å². The maximum atomic E-state index is 11.7. The van der Waals surface area contributed by atoms with E-state index in [1.54, 1.807) is 0 Å². The lowest BCUT2D eigenvalue weighted by Crippen LogP contribution is -2.42. The van der Waals surface area contributed by atoms with Crippen molar-refractivity contribution in [1.29, 1.82) is 0 Å². The van der Waals surface area contributed by atoms with Gasteiger partial charge in [-0.2, -0.15) is 0 Å². The number of aliphatic imine (C=N–C) groups is 1. The Hall–Kier alpha value is -0.870. The Kier molecular flexibility index (Phi) is 6.37. The Bertz CT molecular complexity index is 814. The van der Waals surface area contributed by atoms with E-state index in [1.165, 1.54) is 11.1 Å². The van der Waals surface area contributed by atoms with Crippen molar-refractivity contribution >= 4 is 39.8 Å². The third-order valence-corrected chi connectivity index (χ3v) is 7.54. The molecule has 1 spiro atoms. The van der Waals surface area contributed by atoms with Gasteiger partial charge in [-0.1, -0.05) is 24.3 Å². The van der Waals surface area contributed by atoms with E-state index in [4.69, 9.17) is 9.73 Å². The fraction of sp³-hybridized carbons (Fsp3) is 0.632. The van der Waals surface area contributed by atoms with Crippen LogP contribution in [0.4, 0.5) is 0 Å². The van der Waals surface area contributed by atoms with Crippen LogP contribution in [0.3, 0.4) is 0 Å². The van der Waals surface area contributed by atoms with Gasteiger partial charge in [-0.05, 0) is 36.8 Å². The molecule has 2 saturated heterocycles. The highest BCUT2D eigenvalue weighted by Gasteiger charge is 2.46. The SMILES string of the molecule is CCNC(=NCC1CCS(=O)(=O)C1)N1CCC2(C1)OCc1ccccc12.I.